The zero-order valence-corrected chi connectivity index (χ0v) is 14.4. The van der Waals surface area contributed by atoms with Gasteiger partial charge < -0.3 is 10.6 Å². The molecule has 0 radical (unpaired) electrons. The Morgan fingerprint density at radius 2 is 1.25 bits per heavy atom. The summed E-state index contributed by atoms with van der Waals surface area (Å²) in [6, 6.07) is 0.871. The van der Waals surface area contributed by atoms with Crippen LogP contribution in [0.2, 0.25) is 0 Å². The van der Waals surface area contributed by atoms with E-state index in [-0.39, 0.29) is 25.9 Å². The first kappa shape index (κ1) is 18.4. The quantitative estimate of drug-likeness (QED) is 0.562. The van der Waals surface area contributed by atoms with E-state index in [4.69, 9.17) is 0 Å². The van der Waals surface area contributed by atoms with Crippen LogP contribution in [0.15, 0.2) is 24.5 Å². The van der Waals surface area contributed by atoms with Gasteiger partial charge in [0.25, 0.3) is 11.8 Å². The van der Waals surface area contributed by atoms with E-state index in [1.807, 2.05) is 0 Å². The average Bonchev–Trinajstić information content (AvgIpc) is 3.23. The van der Waals surface area contributed by atoms with Crippen molar-refractivity contribution in [2.24, 2.45) is 0 Å². The van der Waals surface area contributed by atoms with Crippen LogP contribution in [0.5, 0.6) is 0 Å². The normalized spacial score (nSPS) is 23.9. The van der Waals surface area contributed by atoms with Crippen LogP contribution in [0.1, 0.15) is 36.3 Å². The third kappa shape index (κ3) is 3.45. The van der Waals surface area contributed by atoms with Crippen LogP contribution in [0, 0.1) is 0 Å². The van der Waals surface area contributed by atoms with Gasteiger partial charge in [-0.05, 0) is 12.1 Å². The molecule has 0 saturated heterocycles. The van der Waals surface area contributed by atoms with Crippen molar-refractivity contribution in [3.8, 4) is 0 Å². The molecule has 2 heterocycles. The van der Waals surface area contributed by atoms with Gasteiger partial charge in [-0.1, -0.05) is 0 Å². The highest BCUT2D eigenvalue weighted by molar-refractivity contribution is 6.35. The van der Waals surface area contributed by atoms with Crippen molar-refractivity contribution in [2.75, 3.05) is 0 Å². The molecule has 0 aromatic carbocycles. The third-order valence-electron chi connectivity index (χ3n) is 4.75. The van der Waals surface area contributed by atoms with Crippen molar-refractivity contribution in [1.82, 2.24) is 30.2 Å². The van der Waals surface area contributed by atoms with Crippen LogP contribution in [-0.4, -0.2) is 43.2 Å². The number of amides is 2. The van der Waals surface area contributed by atoms with E-state index in [0.717, 1.165) is 9.36 Å². The van der Waals surface area contributed by atoms with Gasteiger partial charge in [-0.3, -0.25) is 19.0 Å². The maximum atomic E-state index is 13.2. The van der Waals surface area contributed by atoms with Crippen LogP contribution >= 0.6 is 0 Å². The van der Waals surface area contributed by atoms with Crippen LogP contribution < -0.4 is 10.6 Å². The molecule has 0 bridgehead atoms. The molecule has 12 heteroatoms. The van der Waals surface area contributed by atoms with Gasteiger partial charge in [0.15, 0.2) is 0 Å². The summed E-state index contributed by atoms with van der Waals surface area (Å²) < 4.78 is 55.0. The SMILES string of the molecule is O=C(NCc1ccnn1C1CC1(F)F)C(=O)NCc1ccnn1C1CC1(F)F. The molecule has 2 fully saturated rings. The smallest absolute Gasteiger partial charge is 0.309 e. The first-order valence-electron chi connectivity index (χ1n) is 8.55. The van der Waals surface area contributed by atoms with E-state index in [0.29, 0.717) is 11.4 Å². The molecule has 150 valence electrons. The predicted octanol–water partition coefficient (Wildman–Crippen LogP) is 1.17. The molecule has 2 aromatic rings. The number of hydrogen-bond acceptors (Lipinski definition) is 4. The van der Waals surface area contributed by atoms with Gasteiger partial charge in [-0.25, -0.2) is 17.6 Å². The Hall–Kier alpha value is -2.92. The molecule has 2 saturated carbocycles. The minimum absolute atomic E-state index is 0.148. The first-order valence-corrected chi connectivity index (χ1v) is 8.55. The van der Waals surface area contributed by atoms with Crippen molar-refractivity contribution >= 4 is 11.8 Å². The van der Waals surface area contributed by atoms with E-state index in [2.05, 4.69) is 20.8 Å². The molecule has 2 aliphatic carbocycles. The van der Waals surface area contributed by atoms with Gasteiger partial charge in [0.2, 0.25) is 0 Å². The molecule has 0 spiro atoms. The summed E-state index contributed by atoms with van der Waals surface area (Å²) in [6.45, 7) is -0.296. The van der Waals surface area contributed by atoms with Gasteiger partial charge in [-0.2, -0.15) is 10.2 Å². The molecule has 2 aliphatic rings. The summed E-state index contributed by atoms with van der Waals surface area (Å²) >= 11 is 0. The molecular formula is C16H16F4N6O2. The Labute approximate surface area is 155 Å². The van der Waals surface area contributed by atoms with Crippen molar-refractivity contribution in [2.45, 2.75) is 49.9 Å². The van der Waals surface area contributed by atoms with Gasteiger partial charge in [-0.15, -0.1) is 0 Å². The number of carbonyl (C=O) groups is 2. The second-order valence-corrected chi connectivity index (χ2v) is 6.86. The Kier molecular flexibility index (Phi) is 4.16. The summed E-state index contributed by atoms with van der Waals surface area (Å²) in [5.41, 5.74) is 0.690. The van der Waals surface area contributed by atoms with Gasteiger partial charge >= 0.3 is 11.8 Å². The average molecular weight is 400 g/mol. The highest BCUT2D eigenvalue weighted by atomic mass is 19.3. The Morgan fingerprint density at radius 1 is 0.893 bits per heavy atom. The molecule has 4 rings (SSSR count). The van der Waals surface area contributed by atoms with E-state index >= 15 is 0 Å². The fraction of sp³-hybridized carbons (Fsp3) is 0.500. The van der Waals surface area contributed by atoms with Crippen LogP contribution in [-0.2, 0) is 22.7 Å². The lowest BCUT2D eigenvalue weighted by molar-refractivity contribution is -0.139. The van der Waals surface area contributed by atoms with Gasteiger partial charge in [0.05, 0.1) is 24.5 Å². The van der Waals surface area contributed by atoms with E-state index in [9.17, 15) is 27.2 Å². The number of halogens is 4. The first-order chi connectivity index (χ1) is 13.2. The lowest BCUT2D eigenvalue weighted by Crippen LogP contribution is -2.39. The summed E-state index contributed by atoms with van der Waals surface area (Å²) in [5.74, 6) is -7.58. The summed E-state index contributed by atoms with van der Waals surface area (Å²) in [4.78, 5) is 23.8. The summed E-state index contributed by atoms with van der Waals surface area (Å²) in [6.07, 6.45) is 2.04. The fourth-order valence-corrected chi connectivity index (χ4v) is 2.96. The molecule has 28 heavy (non-hydrogen) atoms. The maximum absolute atomic E-state index is 13.2. The number of aromatic nitrogens is 4. The molecule has 2 unspecified atom stereocenters. The van der Waals surface area contributed by atoms with Gasteiger partial charge in [0.1, 0.15) is 12.1 Å². The standard InChI is InChI=1S/C16H16F4N6O2/c17-15(18)5-11(15)25-9(1-3-23-25)7-21-13(27)14(28)22-8-10-2-4-24-26(10)12-6-16(12,19)20/h1-4,11-12H,5-8H2,(H,21,27)(H,22,28). The largest absolute Gasteiger partial charge is 0.342 e. The van der Waals surface area contributed by atoms with Gasteiger partial charge in [0, 0.05) is 25.2 Å². The van der Waals surface area contributed by atoms with Crippen molar-refractivity contribution in [3.63, 3.8) is 0 Å². The second kappa shape index (κ2) is 6.31. The number of carbonyl (C=O) groups excluding carboxylic acids is 2. The minimum Gasteiger partial charge on any atom is -0.342 e. The number of hydrogen-bond donors (Lipinski definition) is 2. The lowest BCUT2D eigenvalue weighted by Gasteiger charge is -2.10. The van der Waals surface area contributed by atoms with E-state index < -0.39 is 35.7 Å². The number of nitrogens with one attached hydrogen (secondary N) is 2. The predicted molar refractivity (Wildman–Crippen MR) is 85.3 cm³/mol. The second-order valence-electron chi connectivity index (χ2n) is 6.86. The van der Waals surface area contributed by atoms with Crippen LogP contribution in [0.4, 0.5) is 17.6 Å². The monoisotopic (exact) mass is 400 g/mol. The molecule has 2 N–H and O–H groups in total. The molecule has 2 amide bonds. The fourth-order valence-electron chi connectivity index (χ4n) is 2.96. The lowest BCUT2D eigenvalue weighted by atomic mass is 10.3. The highest BCUT2D eigenvalue weighted by Crippen LogP contribution is 2.53. The maximum Gasteiger partial charge on any atom is 0.309 e. The minimum atomic E-state index is -2.82. The Bertz CT molecular complexity index is 850. The molecule has 2 aromatic heterocycles. The number of rotatable bonds is 6. The molecular weight excluding hydrogens is 384 g/mol. The Morgan fingerprint density at radius 3 is 1.57 bits per heavy atom. The molecule has 2 atom stereocenters. The number of alkyl halides is 4. The van der Waals surface area contributed by atoms with E-state index in [1.54, 1.807) is 0 Å². The zero-order valence-electron chi connectivity index (χ0n) is 14.4. The van der Waals surface area contributed by atoms with E-state index in [1.165, 1.54) is 24.5 Å². The topological polar surface area (TPSA) is 93.8 Å². The highest BCUT2D eigenvalue weighted by Gasteiger charge is 2.60. The van der Waals surface area contributed by atoms with Crippen LogP contribution in [0.3, 0.4) is 0 Å². The van der Waals surface area contributed by atoms with Crippen molar-refractivity contribution < 1.29 is 27.2 Å². The molecule has 0 aliphatic heterocycles. The summed E-state index contributed by atoms with van der Waals surface area (Å²) in [5, 5.41) is 12.3. The summed E-state index contributed by atoms with van der Waals surface area (Å²) in [7, 11) is 0. The zero-order chi connectivity index (χ0) is 20.1. The molecule has 8 nitrogen and oxygen atoms in total. The van der Waals surface area contributed by atoms with Crippen molar-refractivity contribution in [3.05, 3.63) is 35.9 Å². The van der Waals surface area contributed by atoms with Crippen LogP contribution in [0.25, 0.3) is 0 Å². The third-order valence-corrected chi connectivity index (χ3v) is 4.75. The number of nitrogens with zero attached hydrogens (tertiary/aromatic N) is 4. The Balaban J connectivity index is 1.28. The van der Waals surface area contributed by atoms with Crippen molar-refractivity contribution in [1.29, 1.82) is 0 Å².